The van der Waals surface area contributed by atoms with Gasteiger partial charge in [-0.3, -0.25) is 4.79 Å². The van der Waals surface area contributed by atoms with Crippen LogP contribution in [0.5, 0.6) is 0 Å². The summed E-state index contributed by atoms with van der Waals surface area (Å²) in [7, 11) is 4.05. The van der Waals surface area contributed by atoms with E-state index < -0.39 is 0 Å². The lowest BCUT2D eigenvalue weighted by molar-refractivity contribution is -0.117. The van der Waals surface area contributed by atoms with E-state index in [1.54, 1.807) is 11.3 Å². The predicted molar refractivity (Wildman–Crippen MR) is 93.8 cm³/mol. The van der Waals surface area contributed by atoms with Crippen molar-refractivity contribution in [1.82, 2.24) is 10.2 Å². The summed E-state index contributed by atoms with van der Waals surface area (Å²) in [6, 6.07) is 14.4. The van der Waals surface area contributed by atoms with Crippen LogP contribution in [0.25, 0.3) is 6.08 Å². The number of carbonyl (C=O) groups is 1. The zero-order chi connectivity index (χ0) is 15.9. The molecule has 1 N–H and O–H groups in total. The third kappa shape index (κ3) is 4.55. The van der Waals surface area contributed by atoms with Crippen molar-refractivity contribution in [2.24, 2.45) is 0 Å². The van der Waals surface area contributed by atoms with E-state index in [1.165, 1.54) is 5.56 Å². The van der Waals surface area contributed by atoms with Crippen LogP contribution in [0.4, 0.5) is 0 Å². The Balaban J connectivity index is 1.99. The molecule has 2 rings (SSSR count). The van der Waals surface area contributed by atoms with Crippen molar-refractivity contribution >= 4 is 23.3 Å². The minimum Gasteiger partial charge on any atom is -0.350 e. The van der Waals surface area contributed by atoms with Gasteiger partial charge in [-0.25, -0.2) is 0 Å². The van der Waals surface area contributed by atoms with Gasteiger partial charge in [0, 0.05) is 17.0 Å². The van der Waals surface area contributed by atoms with Crippen molar-refractivity contribution in [2.45, 2.75) is 13.0 Å². The maximum absolute atomic E-state index is 12.2. The molecule has 0 spiro atoms. The van der Waals surface area contributed by atoms with E-state index in [1.807, 2.05) is 62.8 Å². The van der Waals surface area contributed by atoms with Gasteiger partial charge in [-0.1, -0.05) is 36.4 Å². The number of rotatable bonds is 6. The Hall–Kier alpha value is -1.91. The first-order valence-electron chi connectivity index (χ1n) is 7.29. The van der Waals surface area contributed by atoms with Gasteiger partial charge >= 0.3 is 0 Å². The molecule has 0 aliphatic rings. The molecule has 1 amide bonds. The molecule has 0 aliphatic carbocycles. The summed E-state index contributed by atoms with van der Waals surface area (Å²) in [4.78, 5) is 15.5. The largest absolute Gasteiger partial charge is 0.350 e. The van der Waals surface area contributed by atoms with Crippen LogP contribution in [-0.2, 0) is 4.79 Å². The first-order chi connectivity index (χ1) is 10.6. The number of nitrogens with zero attached hydrogens (tertiary/aromatic N) is 1. The standard InChI is InChI=1S/C18H22N2OS/c1-14(12-16-10-7-11-22-16)18(21)19-13-17(20(2)3)15-8-5-4-6-9-15/h4-12,17H,13H2,1-3H3,(H,19,21)/b14-12+. The normalized spacial score (nSPS) is 13.2. The maximum atomic E-state index is 12.2. The lowest BCUT2D eigenvalue weighted by Gasteiger charge is -2.25. The van der Waals surface area contributed by atoms with Gasteiger partial charge in [0.05, 0.1) is 6.04 Å². The van der Waals surface area contributed by atoms with Gasteiger partial charge < -0.3 is 10.2 Å². The molecule has 116 valence electrons. The van der Waals surface area contributed by atoms with Crippen LogP contribution in [0.1, 0.15) is 23.4 Å². The average Bonchev–Trinajstić information content (AvgIpc) is 3.01. The van der Waals surface area contributed by atoms with Gasteiger partial charge in [-0.2, -0.15) is 0 Å². The summed E-state index contributed by atoms with van der Waals surface area (Å²) >= 11 is 1.63. The Morgan fingerprint density at radius 1 is 1.23 bits per heavy atom. The Morgan fingerprint density at radius 2 is 1.95 bits per heavy atom. The molecule has 1 atom stereocenters. The number of likely N-dealkylation sites (N-methyl/N-ethyl adjacent to an activating group) is 1. The first-order valence-corrected chi connectivity index (χ1v) is 8.17. The number of nitrogens with one attached hydrogen (secondary N) is 1. The SMILES string of the molecule is C/C(=C\c1cccs1)C(=O)NCC(c1ccccc1)N(C)C. The van der Waals surface area contributed by atoms with Gasteiger partial charge in [0.2, 0.25) is 5.91 Å². The molecule has 0 bridgehead atoms. The number of hydrogen-bond donors (Lipinski definition) is 1. The third-order valence-electron chi connectivity index (χ3n) is 3.52. The predicted octanol–water partition coefficient (Wildman–Crippen LogP) is 3.57. The second kappa shape index (κ2) is 7.92. The summed E-state index contributed by atoms with van der Waals surface area (Å²) < 4.78 is 0. The van der Waals surface area contributed by atoms with E-state index in [0.29, 0.717) is 6.54 Å². The molecule has 0 aliphatic heterocycles. The van der Waals surface area contributed by atoms with Crippen molar-refractivity contribution < 1.29 is 4.79 Å². The summed E-state index contributed by atoms with van der Waals surface area (Å²) in [5.41, 5.74) is 1.93. The van der Waals surface area contributed by atoms with Crippen molar-refractivity contribution in [3.63, 3.8) is 0 Å². The summed E-state index contributed by atoms with van der Waals surface area (Å²) in [5.74, 6) is -0.0174. The highest BCUT2D eigenvalue weighted by Gasteiger charge is 2.15. The Kier molecular flexibility index (Phi) is 5.92. The minimum atomic E-state index is -0.0174. The van der Waals surface area contributed by atoms with Crippen LogP contribution < -0.4 is 5.32 Å². The summed E-state index contributed by atoms with van der Waals surface area (Å²) in [6.45, 7) is 2.44. The van der Waals surface area contributed by atoms with Crippen LogP contribution in [0.15, 0.2) is 53.4 Å². The number of carbonyl (C=O) groups excluding carboxylic acids is 1. The molecule has 4 heteroatoms. The third-order valence-corrected chi connectivity index (χ3v) is 4.34. The van der Waals surface area contributed by atoms with Crippen molar-refractivity contribution in [3.05, 3.63) is 63.9 Å². The van der Waals surface area contributed by atoms with Crippen LogP contribution in [0, 0.1) is 0 Å². The molecule has 3 nitrogen and oxygen atoms in total. The van der Waals surface area contributed by atoms with Crippen LogP contribution in [0.2, 0.25) is 0 Å². The second-order valence-corrected chi connectivity index (χ2v) is 6.42. The minimum absolute atomic E-state index is 0.0174. The second-order valence-electron chi connectivity index (χ2n) is 5.44. The number of amides is 1. The number of thiophene rings is 1. The first kappa shape index (κ1) is 16.5. The lowest BCUT2D eigenvalue weighted by Crippen LogP contribution is -2.34. The molecule has 0 fully saturated rings. The summed E-state index contributed by atoms with van der Waals surface area (Å²) in [6.07, 6.45) is 1.92. The Labute approximate surface area is 136 Å². The van der Waals surface area contributed by atoms with Crippen LogP contribution in [0.3, 0.4) is 0 Å². The fourth-order valence-corrected chi connectivity index (χ4v) is 2.97. The highest BCUT2D eigenvalue weighted by Crippen LogP contribution is 2.17. The molecule has 0 saturated heterocycles. The van der Waals surface area contributed by atoms with E-state index >= 15 is 0 Å². The van der Waals surface area contributed by atoms with Gasteiger partial charge in [-0.15, -0.1) is 11.3 Å². The zero-order valence-corrected chi connectivity index (χ0v) is 14.1. The van der Waals surface area contributed by atoms with E-state index in [-0.39, 0.29) is 11.9 Å². The Morgan fingerprint density at radius 3 is 2.55 bits per heavy atom. The molecular formula is C18H22N2OS. The fourth-order valence-electron chi connectivity index (χ4n) is 2.25. The molecule has 1 heterocycles. The molecule has 2 aromatic rings. The number of benzene rings is 1. The monoisotopic (exact) mass is 314 g/mol. The molecule has 1 aromatic heterocycles. The molecule has 1 unspecified atom stereocenters. The topological polar surface area (TPSA) is 32.3 Å². The van der Waals surface area contributed by atoms with Gasteiger partial charge in [0.1, 0.15) is 0 Å². The van der Waals surface area contributed by atoms with Gasteiger partial charge in [-0.05, 0) is 44.1 Å². The number of hydrogen-bond acceptors (Lipinski definition) is 3. The van der Waals surface area contributed by atoms with Crippen LogP contribution in [-0.4, -0.2) is 31.4 Å². The molecule has 22 heavy (non-hydrogen) atoms. The van der Waals surface area contributed by atoms with Crippen molar-refractivity contribution in [1.29, 1.82) is 0 Å². The fraction of sp³-hybridized carbons (Fsp3) is 0.278. The highest BCUT2D eigenvalue weighted by molar-refractivity contribution is 7.10. The highest BCUT2D eigenvalue weighted by atomic mass is 32.1. The van der Waals surface area contributed by atoms with E-state index in [9.17, 15) is 4.79 Å². The maximum Gasteiger partial charge on any atom is 0.247 e. The van der Waals surface area contributed by atoms with E-state index in [4.69, 9.17) is 0 Å². The summed E-state index contributed by atoms with van der Waals surface area (Å²) in [5, 5.41) is 5.04. The van der Waals surface area contributed by atoms with Crippen molar-refractivity contribution in [2.75, 3.05) is 20.6 Å². The van der Waals surface area contributed by atoms with Gasteiger partial charge in [0.25, 0.3) is 0 Å². The quantitative estimate of drug-likeness (QED) is 0.827. The van der Waals surface area contributed by atoms with Gasteiger partial charge in [0.15, 0.2) is 0 Å². The van der Waals surface area contributed by atoms with E-state index in [2.05, 4.69) is 22.3 Å². The van der Waals surface area contributed by atoms with E-state index in [0.717, 1.165) is 10.5 Å². The molecule has 1 aromatic carbocycles. The smallest absolute Gasteiger partial charge is 0.247 e. The van der Waals surface area contributed by atoms with Crippen LogP contribution >= 0.6 is 11.3 Å². The average molecular weight is 314 g/mol. The van der Waals surface area contributed by atoms with Crippen molar-refractivity contribution in [3.8, 4) is 0 Å². The molecule has 0 saturated carbocycles. The molecule has 0 radical (unpaired) electrons. The molecular weight excluding hydrogens is 292 g/mol. The Bertz CT molecular complexity index is 618. The zero-order valence-electron chi connectivity index (χ0n) is 13.2. The lowest BCUT2D eigenvalue weighted by atomic mass is 10.1.